The first kappa shape index (κ1) is 21.1. The quantitative estimate of drug-likeness (QED) is 0.263. The molecule has 0 radical (unpaired) electrons. The lowest BCUT2D eigenvalue weighted by atomic mass is 9.89. The van der Waals surface area contributed by atoms with Crippen molar-refractivity contribution >= 4 is 15.8 Å². The monoisotopic (exact) mass is 420 g/mol. The topological polar surface area (TPSA) is 106 Å². The Balaban J connectivity index is 1.60. The van der Waals surface area contributed by atoms with E-state index in [1.54, 1.807) is 37.4 Å². The van der Waals surface area contributed by atoms with Crippen LogP contribution in [0.5, 0.6) is 11.5 Å². The maximum Gasteiger partial charge on any atom is 0.309 e. The molecule has 0 aromatic heterocycles. The minimum atomic E-state index is -3.83. The summed E-state index contributed by atoms with van der Waals surface area (Å²) in [6.45, 7) is 1.09. The second-order valence-corrected chi connectivity index (χ2v) is 8.42. The molecule has 29 heavy (non-hydrogen) atoms. The van der Waals surface area contributed by atoms with Crippen LogP contribution in [0.25, 0.3) is 0 Å². The molecule has 1 fully saturated rings. The number of hydrogen-bond donors (Lipinski definition) is 2. The highest BCUT2D eigenvalue weighted by molar-refractivity contribution is 7.87. The molecule has 8 nitrogen and oxygen atoms in total. The average Bonchev–Trinajstić information content (AvgIpc) is 2.70. The zero-order chi connectivity index (χ0) is 20.7. The molecule has 0 bridgehead atoms. The lowest BCUT2D eigenvalue weighted by molar-refractivity contribution is -0.0398. The molecule has 1 aliphatic rings. The predicted octanol–water partition coefficient (Wildman–Crippen LogP) is 2.18. The van der Waals surface area contributed by atoms with Gasteiger partial charge in [-0.3, -0.25) is 5.32 Å². The van der Waals surface area contributed by atoms with Gasteiger partial charge in [-0.05, 0) is 29.8 Å². The number of nitrogens with zero attached hydrogens (tertiary/aromatic N) is 1. The average molecular weight is 420 g/mol. The van der Waals surface area contributed by atoms with E-state index in [-0.39, 0.29) is 17.9 Å². The van der Waals surface area contributed by atoms with Crippen LogP contribution >= 0.6 is 0 Å². The minimum absolute atomic E-state index is 0.0185. The number of methoxy groups -OCH3 is 1. The standard InChI is InChI=1S/C20H24N2O6S/c1-26-17-9-7-16(8-10-17)13-21-20(14-27-15-20)19(22-23)11-12-29(24,25)28-18-5-3-2-4-6-18/h2-10,21,23H,11-15H2,1H3/b22-19-. The van der Waals surface area contributed by atoms with Gasteiger partial charge in [0.25, 0.3) is 0 Å². The van der Waals surface area contributed by atoms with Crippen LogP contribution < -0.4 is 14.2 Å². The molecule has 2 N–H and O–H groups in total. The van der Waals surface area contributed by atoms with Crippen LogP contribution in [0, 0.1) is 0 Å². The molecule has 0 unspecified atom stereocenters. The maximum atomic E-state index is 12.3. The minimum Gasteiger partial charge on any atom is -0.497 e. The van der Waals surface area contributed by atoms with Crippen molar-refractivity contribution in [2.24, 2.45) is 5.16 Å². The van der Waals surface area contributed by atoms with E-state index in [0.717, 1.165) is 11.3 Å². The normalized spacial score (nSPS) is 16.1. The molecular weight excluding hydrogens is 396 g/mol. The van der Waals surface area contributed by atoms with Crippen molar-refractivity contribution in [3.63, 3.8) is 0 Å². The van der Waals surface area contributed by atoms with Gasteiger partial charge in [0.15, 0.2) is 0 Å². The lowest BCUT2D eigenvalue weighted by Crippen LogP contribution is -2.65. The van der Waals surface area contributed by atoms with Gasteiger partial charge < -0.3 is 18.9 Å². The highest BCUT2D eigenvalue weighted by atomic mass is 32.2. The van der Waals surface area contributed by atoms with E-state index in [1.165, 1.54) is 0 Å². The van der Waals surface area contributed by atoms with Gasteiger partial charge in [0, 0.05) is 13.0 Å². The Kier molecular flexibility index (Phi) is 6.73. The molecule has 0 atom stereocenters. The summed E-state index contributed by atoms with van der Waals surface area (Å²) < 4.78 is 40.1. The third kappa shape index (κ3) is 5.47. The molecule has 156 valence electrons. The van der Waals surface area contributed by atoms with Gasteiger partial charge in [-0.25, -0.2) is 0 Å². The summed E-state index contributed by atoms with van der Waals surface area (Å²) in [6, 6.07) is 15.8. The van der Waals surface area contributed by atoms with E-state index in [9.17, 15) is 13.6 Å². The Morgan fingerprint density at radius 3 is 2.38 bits per heavy atom. The fourth-order valence-corrected chi connectivity index (χ4v) is 3.89. The van der Waals surface area contributed by atoms with Crippen molar-refractivity contribution < 1.29 is 27.3 Å². The van der Waals surface area contributed by atoms with Crippen LogP contribution in [0.4, 0.5) is 0 Å². The summed E-state index contributed by atoms with van der Waals surface area (Å²) in [5, 5.41) is 16.2. The molecule has 0 aliphatic carbocycles. The van der Waals surface area contributed by atoms with Gasteiger partial charge in [-0.2, -0.15) is 8.42 Å². The highest BCUT2D eigenvalue weighted by Crippen LogP contribution is 2.23. The van der Waals surface area contributed by atoms with Gasteiger partial charge in [0.2, 0.25) is 0 Å². The van der Waals surface area contributed by atoms with Crippen molar-refractivity contribution in [2.75, 3.05) is 26.1 Å². The maximum absolute atomic E-state index is 12.3. The summed E-state index contributed by atoms with van der Waals surface area (Å²) in [5.41, 5.74) is 0.614. The summed E-state index contributed by atoms with van der Waals surface area (Å²) in [5.74, 6) is 0.693. The summed E-state index contributed by atoms with van der Waals surface area (Å²) in [4.78, 5) is 0. The zero-order valence-electron chi connectivity index (χ0n) is 16.1. The number of nitrogens with one attached hydrogen (secondary N) is 1. The van der Waals surface area contributed by atoms with E-state index in [2.05, 4.69) is 10.5 Å². The van der Waals surface area contributed by atoms with E-state index < -0.39 is 15.7 Å². The Morgan fingerprint density at radius 1 is 1.14 bits per heavy atom. The van der Waals surface area contributed by atoms with E-state index in [4.69, 9.17) is 13.7 Å². The first-order valence-electron chi connectivity index (χ1n) is 9.11. The van der Waals surface area contributed by atoms with Crippen molar-refractivity contribution in [1.29, 1.82) is 0 Å². The molecule has 1 heterocycles. The molecule has 0 spiro atoms. The Morgan fingerprint density at radius 2 is 1.83 bits per heavy atom. The lowest BCUT2D eigenvalue weighted by Gasteiger charge is -2.42. The third-order valence-electron chi connectivity index (χ3n) is 4.72. The smallest absolute Gasteiger partial charge is 0.309 e. The number of para-hydroxylation sites is 1. The van der Waals surface area contributed by atoms with Crippen LogP contribution in [0.3, 0.4) is 0 Å². The van der Waals surface area contributed by atoms with Gasteiger partial charge in [-0.15, -0.1) is 0 Å². The first-order chi connectivity index (χ1) is 14.0. The van der Waals surface area contributed by atoms with Crippen LogP contribution in [0.15, 0.2) is 59.8 Å². The Hall–Kier alpha value is -2.62. The van der Waals surface area contributed by atoms with E-state index in [0.29, 0.717) is 25.5 Å². The molecule has 0 amide bonds. The fraction of sp³-hybridized carbons (Fsp3) is 0.350. The fourth-order valence-electron chi connectivity index (χ4n) is 2.96. The molecule has 2 aromatic rings. The van der Waals surface area contributed by atoms with E-state index in [1.807, 2.05) is 24.3 Å². The third-order valence-corrected chi connectivity index (χ3v) is 5.87. The number of ether oxygens (including phenoxy) is 2. The summed E-state index contributed by atoms with van der Waals surface area (Å²) in [7, 11) is -2.23. The van der Waals surface area contributed by atoms with Crippen molar-refractivity contribution in [3.8, 4) is 11.5 Å². The molecular formula is C20H24N2O6S. The van der Waals surface area contributed by atoms with Gasteiger partial charge in [0.05, 0.1) is 31.8 Å². The second-order valence-electron chi connectivity index (χ2n) is 6.73. The van der Waals surface area contributed by atoms with Crippen molar-refractivity contribution in [1.82, 2.24) is 5.32 Å². The highest BCUT2D eigenvalue weighted by Gasteiger charge is 2.44. The summed E-state index contributed by atoms with van der Waals surface area (Å²) in [6.07, 6.45) is 0.0185. The van der Waals surface area contributed by atoms with Crippen LogP contribution in [0.2, 0.25) is 0 Å². The largest absolute Gasteiger partial charge is 0.497 e. The van der Waals surface area contributed by atoms with Gasteiger partial charge >= 0.3 is 10.1 Å². The first-order valence-corrected chi connectivity index (χ1v) is 10.7. The SMILES string of the molecule is COc1ccc(CNC2(/C(CCS(=O)(=O)Oc3ccccc3)=N\O)COC2)cc1. The van der Waals surface area contributed by atoms with Gasteiger partial charge in [0.1, 0.15) is 17.0 Å². The molecule has 2 aromatic carbocycles. The number of rotatable bonds is 10. The van der Waals surface area contributed by atoms with Crippen LogP contribution in [-0.2, 0) is 21.4 Å². The number of benzene rings is 2. The van der Waals surface area contributed by atoms with Crippen molar-refractivity contribution in [2.45, 2.75) is 18.5 Å². The van der Waals surface area contributed by atoms with E-state index >= 15 is 0 Å². The van der Waals surface area contributed by atoms with Crippen LogP contribution in [-0.4, -0.2) is 51.0 Å². The molecule has 9 heteroatoms. The molecule has 1 aliphatic heterocycles. The second kappa shape index (κ2) is 9.25. The number of hydrogen-bond acceptors (Lipinski definition) is 8. The zero-order valence-corrected chi connectivity index (χ0v) is 16.9. The molecule has 1 saturated heterocycles. The molecule has 0 saturated carbocycles. The van der Waals surface area contributed by atoms with Crippen molar-refractivity contribution in [3.05, 3.63) is 60.2 Å². The van der Waals surface area contributed by atoms with Gasteiger partial charge in [-0.1, -0.05) is 35.5 Å². The number of oxime groups is 1. The summed E-state index contributed by atoms with van der Waals surface area (Å²) >= 11 is 0. The predicted molar refractivity (Wildman–Crippen MR) is 108 cm³/mol. The Bertz CT molecular complexity index is 925. The van der Waals surface area contributed by atoms with Crippen LogP contribution in [0.1, 0.15) is 12.0 Å². The molecule has 3 rings (SSSR count). The Labute approximate surface area is 170 Å².